The third kappa shape index (κ3) is 3.01. The molecule has 1 aliphatic rings. The summed E-state index contributed by atoms with van der Waals surface area (Å²) in [7, 11) is 1.32. The molecule has 138 valence electrons. The van der Waals surface area contributed by atoms with Gasteiger partial charge in [-0.3, -0.25) is 14.9 Å². The number of benzene rings is 2. The van der Waals surface area contributed by atoms with E-state index in [4.69, 9.17) is 9.15 Å². The molecule has 2 amide bonds. The number of ether oxygens (including phenoxy) is 1. The topological polar surface area (TPSA) is 85.6 Å². The fourth-order valence-corrected chi connectivity index (χ4v) is 3.12. The highest BCUT2D eigenvalue weighted by atomic mass is 16.5. The van der Waals surface area contributed by atoms with Gasteiger partial charge in [0.2, 0.25) is 0 Å². The van der Waals surface area contributed by atoms with E-state index >= 15 is 0 Å². The number of hydrogen-bond acceptors (Lipinski definition) is 5. The molecule has 1 aromatic heterocycles. The molecule has 1 aliphatic heterocycles. The Labute approximate surface area is 160 Å². The zero-order valence-electron chi connectivity index (χ0n) is 14.9. The first-order valence-electron chi connectivity index (χ1n) is 8.53. The lowest BCUT2D eigenvalue weighted by atomic mass is 9.94. The van der Waals surface area contributed by atoms with Gasteiger partial charge in [0, 0.05) is 16.7 Å². The average molecular weight is 373 g/mol. The van der Waals surface area contributed by atoms with Crippen LogP contribution < -0.4 is 5.32 Å². The Morgan fingerprint density at radius 3 is 2.32 bits per heavy atom. The number of rotatable bonds is 3. The summed E-state index contributed by atoms with van der Waals surface area (Å²) in [6.07, 6.45) is 1.57. The number of nitrogens with one attached hydrogen (secondary N) is 1. The van der Waals surface area contributed by atoms with Crippen LogP contribution in [0.2, 0.25) is 0 Å². The van der Waals surface area contributed by atoms with Crippen molar-refractivity contribution in [2.45, 2.75) is 0 Å². The highest BCUT2D eigenvalue weighted by Gasteiger charge is 2.27. The molecule has 0 atom stereocenters. The zero-order valence-corrected chi connectivity index (χ0v) is 14.9. The number of imide groups is 1. The molecule has 0 aliphatic carbocycles. The lowest BCUT2D eigenvalue weighted by molar-refractivity contribution is -0.114. The monoisotopic (exact) mass is 373 g/mol. The molecule has 6 heteroatoms. The van der Waals surface area contributed by atoms with Crippen LogP contribution in [0.15, 0.2) is 65.1 Å². The Morgan fingerprint density at radius 1 is 0.893 bits per heavy atom. The van der Waals surface area contributed by atoms with Gasteiger partial charge in [-0.15, -0.1) is 0 Å². The number of hydrogen-bond donors (Lipinski definition) is 1. The molecule has 1 N–H and O–H groups in total. The van der Waals surface area contributed by atoms with Gasteiger partial charge >= 0.3 is 5.97 Å². The van der Waals surface area contributed by atoms with Crippen LogP contribution in [0.25, 0.3) is 23.0 Å². The Hall–Kier alpha value is -3.93. The van der Waals surface area contributed by atoms with Crippen LogP contribution in [0.5, 0.6) is 0 Å². The van der Waals surface area contributed by atoms with E-state index in [1.807, 2.05) is 0 Å². The van der Waals surface area contributed by atoms with Crippen molar-refractivity contribution in [3.63, 3.8) is 0 Å². The number of carbonyl (C=O) groups excluding carboxylic acids is 3. The maximum Gasteiger partial charge on any atom is 0.338 e. The smallest absolute Gasteiger partial charge is 0.338 e. The minimum Gasteiger partial charge on any atom is -0.465 e. The molecule has 6 nitrogen and oxygen atoms in total. The maximum absolute atomic E-state index is 12.3. The summed E-state index contributed by atoms with van der Waals surface area (Å²) < 4.78 is 10.7. The summed E-state index contributed by atoms with van der Waals surface area (Å²) >= 11 is 0. The van der Waals surface area contributed by atoms with Gasteiger partial charge in [-0.25, -0.2) is 4.79 Å². The number of carbonyl (C=O) groups is 3. The molecular weight excluding hydrogens is 358 g/mol. The van der Waals surface area contributed by atoms with Crippen LogP contribution in [-0.2, 0) is 9.53 Å². The molecular formula is C22H15NO5. The first-order chi connectivity index (χ1) is 13.6. The van der Waals surface area contributed by atoms with Crippen molar-refractivity contribution in [1.82, 2.24) is 5.32 Å². The molecule has 0 unspecified atom stereocenters. The van der Waals surface area contributed by atoms with Crippen molar-refractivity contribution in [3.8, 4) is 11.3 Å². The Kier molecular flexibility index (Phi) is 4.37. The van der Waals surface area contributed by atoms with E-state index in [1.165, 1.54) is 7.11 Å². The van der Waals surface area contributed by atoms with E-state index < -0.39 is 17.8 Å². The average Bonchev–Trinajstić information content (AvgIpc) is 3.19. The van der Waals surface area contributed by atoms with Crippen LogP contribution in [0.3, 0.4) is 0 Å². The molecule has 0 radical (unpaired) electrons. The van der Waals surface area contributed by atoms with E-state index in [9.17, 15) is 14.4 Å². The summed E-state index contributed by atoms with van der Waals surface area (Å²) in [6, 6.07) is 17.2. The highest BCUT2D eigenvalue weighted by molar-refractivity contribution is 6.33. The summed E-state index contributed by atoms with van der Waals surface area (Å²) in [5.41, 5.74) is 2.27. The first-order valence-corrected chi connectivity index (χ1v) is 8.53. The standard InChI is InChI=1S/C22H15NO5/c1-27-22(26)17-9-5-3-7-15(17)19-11-10-13(28-19)12-18-14-6-2-4-8-16(14)20(24)23-21(18)25/h2-12H,1H3,(H,23,24,25)/b18-12-. The third-order valence-electron chi connectivity index (χ3n) is 4.44. The van der Waals surface area contributed by atoms with Crippen LogP contribution in [0.4, 0.5) is 0 Å². The number of amides is 2. The third-order valence-corrected chi connectivity index (χ3v) is 4.44. The predicted octanol–water partition coefficient (Wildman–Crippen LogP) is 3.54. The lowest BCUT2D eigenvalue weighted by Crippen LogP contribution is -2.36. The van der Waals surface area contributed by atoms with Crippen LogP contribution >= 0.6 is 0 Å². The van der Waals surface area contributed by atoms with Crippen molar-refractivity contribution < 1.29 is 23.5 Å². The number of fused-ring (bicyclic) bond motifs is 1. The minimum absolute atomic E-state index is 0.331. The molecule has 28 heavy (non-hydrogen) atoms. The van der Waals surface area contributed by atoms with Gasteiger partial charge in [0.15, 0.2) is 0 Å². The Morgan fingerprint density at radius 2 is 1.57 bits per heavy atom. The molecule has 2 aromatic carbocycles. The minimum atomic E-state index is -0.489. The van der Waals surface area contributed by atoms with Crippen molar-refractivity contribution in [1.29, 1.82) is 0 Å². The summed E-state index contributed by atoms with van der Waals surface area (Å²) in [5.74, 6) is -0.495. The van der Waals surface area contributed by atoms with E-state index in [0.29, 0.717) is 39.3 Å². The maximum atomic E-state index is 12.3. The second-order valence-corrected chi connectivity index (χ2v) is 6.13. The molecule has 4 rings (SSSR count). The molecule has 0 bridgehead atoms. The lowest BCUT2D eigenvalue weighted by Gasteiger charge is -2.17. The van der Waals surface area contributed by atoms with E-state index in [2.05, 4.69) is 5.32 Å². The normalized spacial score (nSPS) is 14.5. The second kappa shape index (κ2) is 7.00. The second-order valence-electron chi connectivity index (χ2n) is 6.13. The molecule has 0 fully saturated rings. The Bertz CT molecular complexity index is 1140. The van der Waals surface area contributed by atoms with Crippen molar-refractivity contribution in [3.05, 3.63) is 83.1 Å². The van der Waals surface area contributed by atoms with Crippen molar-refractivity contribution in [2.24, 2.45) is 0 Å². The van der Waals surface area contributed by atoms with Gasteiger partial charge in [0.05, 0.1) is 18.2 Å². The fraction of sp³-hybridized carbons (Fsp3) is 0.0455. The van der Waals surface area contributed by atoms with Gasteiger partial charge in [-0.05, 0) is 30.3 Å². The van der Waals surface area contributed by atoms with Crippen LogP contribution in [-0.4, -0.2) is 24.9 Å². The fourth-order valence-electron chi connectivity index (χ4n) is 3.12. The number of esters is 1. The van der Waals surface area contributed by atoms with Crippen molar-refractivity contribution >= 4 is 29.4 Å². The van der Waals surface area contributed by atoms with Gasteiger partial charge in [-0.2, -0.15) is 0 Å². The van der Waals surface area contributed by atoms with Crippen molar-refractivity contribution in [2.75, 3.05) is 7.11 Å². The predicted molar refractivity (Wildman–Crippen MR) is 102 cm³/mol. The van der Waals surface area contributed by atoms with Gasteiger partial charge in [0.1, 0.15) is 11.5 Å². The number of furan rings is 1. The SMILES string of the molecule is COC(=O)c1ccccc1-c1ccc(/C=C2\C(=O)NC(=O)c3ccccc32)o1. The van der Waals surface area contributed by atoms with Gasteiger partial charge < -0.3 is 9.15 Å². The quantitative estimate of drug-likeness (QED) is 0.431. The van der Waals surface area contributed by atoms with Gasteiger partial charge in [0.25, 0.3) is 11.8 Å². The summed E-state index contributed by atoms with van der Waals surface area (Å²) in [5, 5.41) is 2.33. The molecule has 0 spiro atoms. The molecule has 2 heterocycles. The number of methoxy groups -OCH3 is 1. The summed E-state index contributed by atoms with van der Waals surface area (Å²) in [4.78, 5) is 36.3. The summed E-state index contributed by atoms with van der Waals surface area (Å²) in [6.45, 7) is 0. The van der Waals surface area contributed by atoms with E-state index in [-0.39, 0.29) is 0 Å². The zero-order chi connectivity index (χ0) is 19.7. The largest absolute Gasteiger partial charge is 0.465 e. The molecule has 0 saturated heterocycles. The van der Waals surface area contributed by atoms with Crippen LogP contribution in [0.1, 0.15) is 32.0 Å². The molecule has 0 saturated carbocycles. The first kappa shape index (κ1) is 17.5. The van der Waals surface area contributed by atoms with E-state index in [0.717, 1.165) is 0 Å². The van der Waals surface area contributed by atoms with E-state index in [1.54, 1.807) is 66.7 Å². The van der Waals surface area contributed by atoms with Crippen LogP contribution in [0, 0.1) is 0 Å². The van der Waals surface area contributed by atoms with Gasteiger partial charge in [-0.1, -0.05) is 36.4 Å². The molecule has 3 aromatic rings. The highest BCUT2D eigenvalue weighted by Crippen LogP contribution is 2.30. The Balaban J connectivity index is 1.76.